The standard InChI is InChI=1S/C11H8FN3OS/c12-7-1-2-9-10(3-7)17-11(15-9)14-5-8-4-13-6-16-8/h1-4,6H,5H2,(H,14,15). The minimum Gasteiger partial charge on any atom is -0.447 e. The minimum absolute atomic E-state index is 0.247. The Morgan fingerprint density at radius 3 is 3.18 bits per heavy atom. The van der Waals surface area contributed by atoms with Gasteiger partial charge in [0, 0.05) is 0 Å². The van der Waals surface area contributed by atoms with Crippen LogP contribution in [0.15, 0.2) is 35.2 Å². The van der Waals surface area contributed by atoms with Gasteiger partial charge in [-0.3, -0.25) is 0 Å². The summed E-state index contributed by atoms with van der Waals surface area (Å²) < 4.78 is 18.9. The number of rotatable bonds is 3. The van der Waals surface area contributed by atoms with E-state index in [1.165, 1.54) is 29.9 Å². The molecule has 1 aromatic carbocycles. The fraction of sp³-hybridized carbons (Fsp3) is 0.0909. The second-order valence-electron chi connectivity index (χ2n) is 3.45. The zero-order valence-corrected chi connectivity index (χ0v) is 9.50. The maximum Gasteiger partial charge on any atom is 0.184 e. The van der Waals surface area contributed by atoms with Gasteiger partial charge in [-0.25, -0.2) is 14.4 Å². The van der Waals surface area contributed by atoms with E-state index in [0.29, 0.717) is 6.54 Å². The van der Waals surface area contributed by atoms with Crippen LogP contribution in [0.5, 0.6) is 0 Å². The minimum atomic E-state index is -0.247. The monoisotopic (exact) mass is 249 g/mol. The fourth-order valence-corrected chi connectivity index (χ4v) is 2.35. The van der Waals surface area contributed by atoms with Crippen LogP contribution in [-0.4, -0.2) is 9.97 Å². The van der Waals surface area contributed by atoms with E-state index in [-0.39, 0.29) is 5.82 Å². The predicted octanol–water partition coefficient (Wildman–Crippen LogP) is 3.04. The second kappa shape index (κ2) is 4.14. The first-order valence-corrected chi connectivity index (χ1v) is 5.80. The smallest absolute Gasteiger partial charge is 0.184 e. The van der Waals surface area contributed by atoms with Gasteiger partial charge in [0.1, 0.15) is 11.6 Å². The van der Waals surface area contributed by atoms with Crippen molar-refractivity contribution in [3.8, 4) is 0 Å². The number of oxazole rings is 1. The van der Waals surface area contributed by atoms with Crippen LogP contribution in [0.2, 0.25) is 0 Å². The highest BCUT2D eigenvalue weighted by Gasteiger charge is 2.05. The molecule has 0 aliphatic heterocycles. The van der Waals surface area contributed by atoms with Gasteiger partial charge in [0.25, 0.3) is 0 Å². The van der Waals surface area contributed by atoms with E-state index in [0.717, 1.165) is 21.1 Å². The van der Waals surface area contributed by atoms with Crippen LogP contribution in [0.3, 0.4) is 0 Å². The van der Waals surface area contributed by atoms with Crippen LogP contribution in [0, 0.1) is 5.82 Å². The SMILES string of the molecule is Fc1ccc2nc(NCc3cnco3)sc2c1. The highest BCUT2D eigenvalue weighted by Crippen LogP contribution is 2.26. The highest BCUT2D eigenvalue weighted by atomic mass is 32.1. The average Bonchev–Trinajstić information content (AvgIpc) is 2.94. The van der Waals surface area contributed by atoms with E-state index in [4.69, 9.17) is 4.42 Å². The van der Waals surface area contributed by atoms with Crippen molar-refractivity contribution in [3.05, 3.63) is 42.4 Å². The van der Waals surface area contributed by atoms with Gasteiger partial charge in [-0.1, -0.05) is 11.3 Å². The van der Waals surface area contributed by atoms with Gasteiger partial charge in [-0.15, -0.1) is 0 Å². The summed E-state index contributed by atoms with van der Waals surface area (Å²) in [5.74, 6) is 0.485. The third kappa shape index (κ3) is 2.12. The second-order valence-corrected chi connectivity index (χ2v) is 4.48. The van der Waals surface area contributed by atoms with Crippen molar-refractivity contribution >= 4 is 26.7 Å². The van der Waals surface area contributed by atoms with Crippen LogP contribution < -0.4 is 5.32 Å². The number of hydrogen-bond acceptors (Lipinski definition) is 5. The number of benzene rings is 1. The normalized spacial score (nSPS) is 10.9. The number of halogens is 1. The first-order valence-electron chi connectivity index (χ1n) is 4.98. The van der Waals surface area contributed by atoms with Crippen molar-refractivity contribution < 1.29 is 8.81 Å². The molecule has 3 rings (SSSR count). The number of hydrogen-bond donors (Lipinski definition) is 1. The summed E-state index contributed by atoms with van der Waals surface area (Å²) in [7, 11) is 0. The molecule has 86 valence electrons. The summed E-state index contributed by atoms with van der Waals surface area (Å²) in [6, 6.07) is 4.55. The predicted molar refractivity (Wildman–Crippen MR) is 63.4 cm³/mol. The van der Waals surface area contributed by atoms with Gasteiger partial charge in [0.2, 0.25) is 0 Å². The topological polar surface area (TPSA) is 51.0 Å². The molecule has 2 heterocycles. The zero-order valence-electron chi connectivity index (χ0n) is 8.68. The summed E-state index contributed by atoms with van der Waals surface area (Å²) in [5.41, 5.74) is 0.788. The largest absolute Gasteiger partial charge is 0.447 e. The lowest BCUT2D eigenvalue weighted by molar-refractivity contribution is 0.511. The number of nitrogens with zero attached hydrogens (tertiary/aromatic N) is 2. The van der Waals surface area contributed by atoms with Crippen molar-refractivity contribution in [3.63, 3.8) is 0 Å². The molecular formula is C11H8FN3OS. The van der Waals surface area contributed by atoms with E-state index in [2.05, 4.69) is 15.3 Å². The van der Waals surface area contributed by atoms with Crippen LogP contribution in [0.4, 0.5) is 9.52 Å². The van der Waals surface area contributed by atoms with Gasteiger partial charge in [-0.2, -0.15) is 0 Å². The summed E-state index contributed by atoms with van der Waals surface area (Å²) >= 11 is 1.41. The first-order chi connectivity index (χ1) is 8.31. The maximum absolute atomic E-state index is 13.0. The quantitative estimate of drug-likeness (QED) is 0.775. The number of fused-ring (bicyclic) bond motifs is 1. The third-order valence-electron chi connectivity index (χ3n) is 2.25. The molecule has 6 heteroatoms. The molecule has 0 spiro atoms. The Hall–Kier alpha value is -1.95. The maximum atomic E-state index is 13.0. The molecule has 4 nitrogen and oxygen atoms in total. The van der Waals surface area contributed by atoms with Crippen molar-refractivity contribution in [2.45, 2.75) is 6.54 Å². The van der Waals surface area contributed by atoms with Crippen LogP contribution in [0.25, 0.3) is 10.2 Å². The van der Waals surface area contributed by atoms with Crippen molar-refractivity contribution in [1.82, 2.24) is 9.97 Å². The Morgan fingerprint density at radius 2 is 2.35 bits per heavy atom. The Kier molecular flexibility index (Phi) is 2.49. The van der Waals surface area contributed by atoms with Gasteiger partial charge >= 0.3 is 0 Å². The van der Waals surface area contributed by atoms with E-state index < -0.39 is 0 Å². The lowest BCUT2D eigenvalue weighted by atomic mass is 10.3. The number of anilines is 1. The van der Waals surface area contributed by atoms with Gasteiger partial charge in [0.15, 0.2) is 11.5 Å². The number of aromatic nitrogens is 2. The van der Waals surface area contributed by atoms with Crippen LogP contribution in [-0.2, 0) is 6.54 Å². The lowest BCUT2D eigenvalue weighted by Crippen LogP contribution is -1.96. The number of thiazole rings is 1. The summed E-state index contributed by atoms with van der Waals surface area (Å²) in [4.78, 5) is 8.15. The lowest BCUT2D eigenvalue weighted by Gasteiger charge is -1.96. The van der Waals surface area contributed by atoms with Crippen molar-refractivity contribution in [2.24, 2.45) is 0 Å². The molecule has 0 aliphatic carbocycles. The molecule has 3 aromatic rings. The van der Waals surface area contributed by atoms with Crippen LogP contribution in [0.1, 0.15) is 5.76 Å². The molecule has 17 heavy (non-hydrogen) atoms. The molecule has 0 unspecified atom stereocenters. The molecule has 0 bridgehead atoms. The van der Waals surface area contributed by atoms with Gasteiger partial charge < -0.3 is 9.73 Å². The number of nitrogens with one attached hydrogen (secondary N) is 1. The van der Waals surface area contributed by atoms with Gasteiger partial charge in [-0.05, 0) is 18.2 Å². The van der Waals surface area contributed by atoms with Crippen molar-refractivity contribution in [2.75, 3.05) is 5.32 Å². The molecule has 0 atom stereocenters. The molecule has 0 amide bonds. The van der Waals surface area contributed by atoms with E-state index in [1.54, 1.807) is 12.3 Å². The summed E-state index contributed by atoms with van der Waals surface area (Å²) in [5, 5.41) is 3.85. The highest BCUT2D eigenvalue weighted by molar-refractivity contribution is 7.22. The Morgan fingerprint density at radius 1 is 1.41 bits per heavy atom. The third-order valence-corrected chi connectivity index (χ3v) is 3.22. The molecule has 2 aromatic heterocycles. The molecule has 0 saturated heterocycles. The molecule has 0 aliphatic rings. The summed E-state index contributed by atoms with van der Waals surface area (Å²) in [6.45, 7) is 0.516. The molecule has 0 saturated carbocycles. The van der Waals surface area contributed by atoms with E-state index in [9.17, 15) is 4.39 Å². The first kappa shape index (κ1) is 10.2. The van der Waals surface area contributed by atoms with Crippen LogP contribution >= 0.6 is 11.3 Å². The van der Waals surface area contributed by atoms with Gasteiger partial charge in [0.05, 0.1) is 23.0 Å². The Bertz CT molecular complexity index is 635. The van der Waals surface area contributed by atoms with E-state index >= 15 is 0 Å². The summed E-state index contributed by atoms with van der Waals surface area (Å²) in [6.07, 6.45) is 3.02. The van der Waals surface area contributed by atoms with Crippen molar-refractivity contribution in [1.29, 1.82) is 0 Å². The Balaban J connectivity index is 1.81. The van der Waals surface area contributed by atoms with E-state index in [1.807, 2.05) is 0 Å². The fourth-order valence-electron chi connectivity index (χ4n) is 1.47. The molecule has 0 radical (unpaired) electrons. The average molecular weight is 249 g/mol. The Labute approximate surface area is 100 Å². The molecule has 0 fully saturated rings. The molecular weight excluding hydrogens is 241 g/mol. The zero-order chi connectivity index (χ0) is 11.7. The molecule has 1 N–H and O–H groups in total.